The summed E-state index contributed by atoms with van der Waals surface area (Å²) < 4.78 is 35.6. The Balaban J connectivity index is 2.37. The number of nitrogens with zero attached hydrogens (tertiary/aromatic N) is 1. The van der Waals surface area contributed by atoms with Gasteiger partial charge in [-0.3, -0.25) is 4.90 Å². The van der Waals surface area contributed by atoms with E-state index in [0.717, 1.165) is 6.54 Å². The van der Waals surface area contributed by atoms with E-state index in [9.17, 15) is 13.2 Å². The van der Waals surface area contributed by atoms with Gasteiger partial charge in [0.15, 0.2) is 0 Å². The molecule has 0 amide bonds. The van der Waals surface area contributed by atoms with Crippen molar-refractivity contribution in [2.24, 2.45) is 0 Å². The van der Waals surface area contributed by atoms with Gasteiger partial charge in [0.1, 0.15) is 0 Å². The van der Waals surface area contributed by atoms with Crippen LogP contribution in [0.15, 0.2) is 11.6 Å². The van der Waals surface area contributed by atoms with Gasteiger partial charge in [-0.25, -0.2) is 0 Å². The molecular weight excluding hydrogens is 167 g/mol. The second-order valence-electron chi connectivity index (χ2n) is 2.98. The standard InChI is InChI=1S/C8H12F3N/c1-2-12-4-3-7(6-12)5-8(9,10)11/h3H,2,4-6H2,1H3. The molecule has 0 aromatic carbocycles. The highest BCUT2D eigenvalue weighted by Gasteiger charge is 2.30. The van der Waals surface area contributed by atoms with Crippen molar-refractivity contribution in [3.05, 3.63) is 11.6 Å². The van der Waals surface area contributed by atoms with E-state index in [4.69, 9.17) is 0 Å². The van der Waals surface area contributed by atoms with Crippen LogP contribution in [0, 0.1) is 0 Å². The monoisotopic (exact) mass is 179 g/mol. The van der Waals surface area contributed by atoms with E-state index in [-0.39, 0.29) is 0 Å². The second kappa shape index (κ2) is 3.47. The largest absolute Gasteiger partial charge is 0.392 e. The lowest BCUT2D eigenvalue weighted by Gasteiger charge is -2.12. The van der Waals surface area contributed by atoms with Gasteiger partial charge in [-0.2, -0.15) is 13.2 Å². The van der Waals surface area contributed by atoms with Crippen LogP contribution in [0.4, 0.5) is 13.2 Å². The summed E-state index contributed by atoms with van der Waals surface area (Å²) in [5, 5.41) is 0. The Bertz CT molecular complexity index is 183. The van der Waals surface area contributed by atoms with Crippen molar-refractivity contribution in [3.63, 3.8) is 0 Å². The van der Waals surface area contributed by atoms with Crippen LogP contribution in [0.5, 0.6) is 0 Å². The maximum Gasteiger partial charge on any atom is 0.392 e. The molecule has 0 fully saturated rings. The van der Waals surface area contributed by atoms with Crippen LogP contribution in [0.3, 0.4) is 0 Å². The minimum absolute atomic E-state index is 0.482. The highest BCUT2D eigenvalue weighted by molar-refractivity contribution is 5.12. The molecule has 1 rings (SSSR count). The fourth-order valence-electron chi connectivity index (χ4n) is 1.30. The van der Waals surface area contributed by atoms with Crippen LogP contribution < -0.4 is 0 Å². The van der Waals surface area contributed by atoms with E-state index in [1.807, 2.05) is 11.8 Å². The number of halogens is 3. The van der Waals surface area contributed by atoms with E-state index in [2.05, 4.69) is 0 Å². The minimum atomic E-state index is -4.05. The highest BCUT2D eigenvalue weighted by atomic mass is 19.4. The summed E-state index contributed by atoms with van der Waals surface area (Å²) >= 11 is 0. The molecule has 0 unspecified atom stereocenters. The number of likely N-dealkylation sites (N-methyl/N-ethyl adjacent to an activating group) is 1. The molecule has 0 saturated heterocycles. The van der Waals surface area contributed by atoms with Gasteiger partial charge in [-0.05, 0) is 12.1 Å². The van der Waals surface area contributed by atoms with Gasteiger partial charge in [-0.15, -0.1) is 0 Å². The molecule has 0 atom stereocenters. The fourth-order valence-corrected chi connectivity index (χ4v) is 1.30. The maximum atomic E-state index is 11.9. The van der Waals surface area contributed by atoms with Gasteiger partial charge in [0, 0.05) is 13.1 Å². The molecule has 0 N–H and O–H groups in total. The molecule has 0 radical (unpaired) electrons. The highest BCUT2D eigenvalue weighted by Crippen LogP contribution is 2.26. The molecule has 0 aromatic rings. The second-order valence-corrected chi connectivity index (χ2v) is 2.98. The first-order valence-corrected chi connectivity index (χ1v) is 3.98. The van der Waals surface area contributed by atoms with E-state index in [1.54, 1.807) is 6.08 Å². The van der Waals surface area contributed by atoms with Crippen molar-refractivity contribution in [1.29, 1.82) is 0 Å². The Labute approximate surface area is 69.9 Å². The third kappa shape index (κ3) is 2.85. The molecule has 12 heavy (non-hydrogen) atoms. The van der Waals surface area contributed by atoms with Crippen LogP contribution in [-0.2, 0) is 0 Å². The van der Waals surface area contributed by atoms with Crippen molar-refractivity contribution in [2.45, 2.75) is 19.5 Å². The van der Waals surface area contributed by atoms with Crippen LogP contribution in [0.2, 0.25) is 0 Å². The summed E-state index contributed by atoms with van der Waals surface area (Å²) in [6.07, 6.45) is -3.12. The smallest absolute Gasteiger partial charge is 0.296 e. The summed E-state index contributed by atoms with van der Waals surface area (Å²) in [5.41, 5.74) is 0.504. The van der Waals surface area contributed by atoms with Crippen molar-refractivity contribution in [1.82, 2.24) is 4.90 Å². The van der Waals surface area contributed by atoms with Gasteiger partial charge < -0.3 is 0 Å². The lowest BCUT2D eigenvalue weighted by Crippen LogP contribution is -2.21. The molecule has 4 heteroatoms. The van der Waals surface area contributed by atoms with Crippen LogP contribution in [0.25, 0.3) is 0 Å². The summed E-state index contributed by atoms with van der Waals surface area (Å²) in [6, 6.07) is 0. The SMILES string of the molecule is CCN1CC=C(CC(F)(F)F)C1. The van der Waals surface area contributed by atoms with E-state index in [0.29, 0.717) is 18.7 Å². The zero-order valence-corrected chi connectivity index (χ0v) is 6.99. The maximum absolute atomic E-state index is 11.9. The van der Waals surface area contributed by atoms with Crippen molar-refractivity contribution >= 4 is 0 Å². The molecule has 1 aliphatic heterocycles. The number of rotatable bonds is 2. The minimum Gasteiger partial charge on any atom is -0.296 e. The Kier molecular flexibility index (Phi) is 2.77. The zero-order valence-electron chi connectivity index (χ0n) is 6.99. The topological polar surface area (TPSA) is 3.24 Å². The molecule has 1 nitrogen and oxygen atoms in total. The first-order valence-electron chi connectivity index (χ1n) is 3.98. The fraction of sp³-hybridized carbons (Fsp3) is 0.750. The summed E-state index contributed by atoms with van der Waals surface area (Å²) in [5.74, 6) is 0. The average Bonchev–Trinajstić information content (AvgIpc) is 2.32. The molecule has 1 aliphatic rings. The number of alkyl halides is 3. The average molecular weight is 179 g/mol. The molecule has 0 saturated carbocycles. The molecule has 0 spiro atoms. The van der Waals surface area contributed by atoms with Crippen LogP contribution >= 0.6 is 0 Å². The summed E-state index contributed by atoms with van der Waals surface area (Å²) in [4.78, 5) is 1.97. The number of hydrogen-bond donors (Lipinski definition) is 0. The third-order valence-electron chi connectivity index (χ3n) is 1.94. The molecule has 0 aromatic heterocycles. The van der Waals surface area contributed by atoms with Crippen molar-refractivity contribution in [3.8, 4) is 0 Å². The number of hydrogen-bond acceptors (Lipinski definition) is 1. The lowest BCUT2D eigenvalue weighted by atomic mass is 10.2. The Morgan fingerprint density at radius 1 is 1.50 bits per heavy atom. The van der Waals surface area contributed by atoms with Crippen LogP contribution in [-0.4, -0.2) is 30.7 Å². The Morgan fingerprint density at radius 2 is 2.17 bits per heavy atom. The quantitative estimate of drug-likeness (QED) is 0.587. The zero-order chi connectivity index (χ0) is 9.19. The van der Waals surface area contributed by atoms with Crippen LogP contribution in [0.1, 0.15) is 13.3 Å². The molecule has 70 valence electrons. The van der Waals surface area contributed by atoms with Gasteiger partial charge >= 0.3 is 6.18 Å². The molecular formula is C8H12F3N. The van der Waals surface area contributed by atoms with E-state index in [1.165, 1.54) is 0 Å². The van der Waals surface area contributed by atoms with Gasteiger partial charge in [-0.1, -0.05) is 13.0 Å². The first-order chi connectivity index (χ1) is 5.51. The van der Waals surface area contributed by atoms with Gasteiger partial charge in [0.05, 0.1) is 6.42 Å². The predicted octanol–water partition coefficient (Wildman–Crippen LogP) is 2.20. The summed E-state index contributed by atoms with van der Waals surface area (Å²) in [7, 11) is 0. The third-order valence-corrected chi connectivity index (χ3v) is 1.94. The molecule has 0 aliphatic carbocycles. The van der Waals surface area contributed by atoms with Gasteiger partial charge in [0.2, 0.25) is 0 Å². The van der Waals surface area contributed by atoms with E-state index < -0.39 is 12.6 Å². The first kappa shape index (κ1) is 9.58. The summed E-state index contributed by atoms with van der Waals surface area (Å²) in [6.45, 7) is 3.92. The van der Waals surface area contributed by atoms with Gasteiger partial charge in [0.25, 0.3) is 0 Å². The van der Waals surface area contributed by atoms with E-state index >= 15 is 0 Å². The Morgan fingerprint density at radius 3 is 2.58 bits per heavy atom. The Hall–Kier alpha value is -0.510. The predicted molar refractivity (Wildman–Crippen MR) is 40.9 cm³/mol. The van der Waals surface area contributed by atoms with Crippen molar-refractivity contribution < 1.29 is 13.2 Å². The normalized spacial score (nSPS) is 19.8. The lowest BCUT2D eigenvalue weighted by molar-refractivity contribution is -0.127. The molecule has 0 bridgehead atoms. The van der Waals surface area contributed by atoms with Crippen molar-refractivity contribution in [2.75, 3.05) is 19.6 Å². The molecule has 1 heterocycles.